The maximum atomic E-state index is 11.8. The first-order valence-electron chi connectivity index (χ1n) is 6.61. The predicted molar refractivity (Wildman–Crippen MR) is 85.6 cm³/mol. The monoisotopic (exact) mass is 326 g/mol. The maximum absolute atomic E-state index is 11.8. The third-order valence-corrected chi connectivity index (χ3v) is 3.04. The van der Waals surface area contributed by atoms with Gasteiger partial charge in [0.1, 0.15) is 11.0 Å². The molecular formula is C13H19ClN6O2. The Morgan fingerprint density at radius 1 is 1.27 bits per heavy atom. The number of anilines is 1. The van der Waals surface area contributed by atoms with Crippen molar-refractivity contribution in [2.75, 3.05) is 11.9 Å². The minimum Gasteiger partial charge on any atom is -0.346 e. The number of nitrogens with zero attached hydrogens (tertiary/aromatic N) is 2. The summed E-state index contributed by atoms with van der Waals surface area (Å²) in [7, 11) is 0. The number of halogens is 1. The molecule has 0 aliphatic rings. The Morgan fingerprint density at radius 3 is 2.64 bits per heavy atom. The van der Waals surface area contributed by atoms with Crippen LogP contribution in [0.2, 0.25) is 0 Å². The van der Waals surface area contributed by atoms with Gasteiger partial charge in [0.25, 0.3) is 0 Å². The number of hydrogen-bond acceptors (Lipinski definition) is 5. The second kappa shape index (κ2) is 7.71. The molecule has 1 aromatic heterocycles. The van der Waals surface area contributed by atoms with Crippen LogP contribution in [0.1, 0.15) is 13.8 Å². The Hall–Kier alpha value is -2.19. The first-order chi connectivity index (χ1) is 9.97. The first kappa shape index (κ1) is 17.9. The van der Waals surface area contributed by atoms with Crippen molar-refractivity contribution in [3.8, 4) is 0 Å². The number of rotatable bonds is 5. The molecule has 0 bridgehead atoms. The van der Waals surface area contributed by atoms with Crippen LogP contribution < -0.4 is 16.4 Å². The summed E-state index contributed by atoms with van der Waals surface area (Å²) in [5, 5.41) is 15.5. The molecule has 2 amide bonds. The molecule has 1 atom stereocenters. The van der Waals surface area contributed by atoms with Crippen molar-refractivity contribution in [3.63, 3.8) is 0 Å². The van der Waals surface area contributed by atoms with Gasteiger partial charge in [-0.25, -0.2) is 0 Å². The number of carbonyl (C=O) groups is 2. The van der Waals surface area contributed by atoms with Crippen molar-refractivity contribution in [3.05, 3.63) is 18.2 Å². The Balaban J connectivity index is 0.00000242. The molecular weight excluding hydrogens is 308 g/mol. The Bertz CT molecular complexity index is 657. The van der Waals surface area contributed by atoms with E-state index in [4.69, 9.17) is 5.73 Å². The Morgan fingerprint density at radius 2 is 1.95 bits per heavy atom. The van der Waals surface area contributed by atoms with E-state index in [-0.39, 0.29) is 36.7 Å². The van der Waals surface area contributed by atoms with Crippen LogP contribution in [0.25, 0.3) is 11.0 Å². The summed E-state index contributed by atoms with van der Waals surface area (Å²) in [5.74, 6) is -0.656. The number of nitrogens with two attached hydrogens (primary N) is 1. The number of nitrogens with one attached hydrogen (secondary N) is 3. The second-order valence-electron chi connectivity index (χ2n) is 5.06. The van der Waals surface area contributed by atoms with Gasteiger partial charge in [0.05, 0.1) is 12.6 Å². The third-order valence-electron chi connectivity index (χ3n) is 3.04. The van der Waals surface area contributed by atoms with Crippen molar-refractivity contribution in [1.82, 2.24) is 20.7 Å². The molecule has 0 unspecified atom stereocenters. The Kier molecular flexibility index (Phi) is 6.26. The van der Waals surface area contributed by atoms with Gasteiger partial charge in [0.2, 0.25) is 11.8 Å². The van der Waals surface area contributed by atoms with Gasteiger partial charge in [-0.1, -0.05) is 13.8 Å². The topological polar surface area (TPSA) is 126 Å². The van der Waals surface area contributed by atoms with Crippen LogP contribution in [0.3, 0.4) is 0 Å². The van der Waals surface area contributed by atoms with Crippen molar-refractivity contribution in [2.24, 2.45) is 11.7 Å². The lowest BCUT2D eigenvalue weighted by Gasteiger charge is -2.15. The zero-order chi connectivity index (χ0) is 15.4. The SMILES string of the molecule is CC(C)[C@H](N)C(=O)NCC(=O)Nc1ccc2n[nH]nc2c1.Cl. The molecule has 0 aliphatic heterocycles. The second-order valence-corrected chi connectivity index (χ2v) is 5.06. The van der Waals surface area contributed by atoms with Crippen LogP contribution in [0.5, 0.6) is 0 Å². The average molecular weight is 327 g/mol. The minimum atomic E-state index is -0.621. The van der Waals surface area contributed by atoms with Gasteiger partial charge in [-0.3, -0.25) is 9.59 Å². The number of aromatic amines is 1. The fraction of sp³-hybridized carbons (Fsp3) is 0.385. The van der Waals surface area contributed by atoms with E-state index in [2.05, 4.69) is 26.0 Å². The van der Waals surface area contributed by atoms with Crippen LogP contribution in [0.15, 0.2) is 18.2 Å². The zero-order valence-electron chi connectivity index (χ0n) is 12.3. The van der Waals surface area contributed by atoms with Gasteiger partial charge in [-0.15, -0.1) is 12.4 Å². The summed E-state index contributed by atoms with van der Waals surface area (Å²) < 4.78 is 0. The summed E-state index contributed by atoms with van der Waals surface area (Å²) in [6, 6.07) is 4.52. The normalized spacial score (nSPS) is 11.8. The van der Waals surface area contributed by atoms with Crippen LogP contribution in [0, 0.1) is 5.92 Å². The molecule has 9 heteroatoms. The fourth-order valence-electron chi connectivity index (χ4n) is 1.71. The highest BCUT2D eigenvalue weighted by Crippen LogP contribution is 2.14. The molecule has 5 N–H and O–H groups in total. The van der Waals surface area contributed by atoms with Crippen LogP contribution in [0.4, 0.5) is 5.69 Å². The average Bonchev–Trinajstić information content (AvgIpc) is 2.91. The molecule has 1 aromatic carbocycles. The van der Waals surface area contributed by atoms with E-state index in [9.17, 15) is 9.59 Å². The molecule has 120 valence electrons. The molecule has 2 rings (SSSR count). The molecule has 0 saturated carbocycles. The van der Waals surface area contributed by atoms with Gasteiger partial charge in [0, 0.05) is 5.69 Å². The largest absolute Gasteiger partial charge is 0.346 e. The van der Waals surface area contributed by atoms with Crippen molar-refractivity contribution in [1.29, 1.82) is 0 Å². The van der Waals surface area contributed by atoms with E-state index < -0.39 is 6.04 Å². The van der Waals surface area contributed by atoms with E-state index in [0.717, 1.165) is 0 Å². The highest BCUT2D eigenvalue weighted by atomic mass is 35.5. The van der Waals surface area contributed by atoms with Gasteiger partial charge in [0.15, 0.2) is 0 Å². The highest BCUT2D eigenvalue weighted by molar-refractivity contribution is 5.96. The summed E-state index contributed by atoms with van der Waals surface area (Å²) in [6.07, 6.45) is 0. The van der Waals surface area contributed by atoms with E-state index in [1.807, 2.05) is 13.8 Å². The van der Waals surface area contributed by atoms with Crippen molar-refractivity contribution < 1.29 is 9.59 Å². The number of fused-ring (bicyclic) bond motifs is 1. The lowest BCUT2D eigenvalue weighted by atomic mass is 10.1. The molecule has 0 fully saturated rings. The summed E-state index contributed by atoms with van der Waals surface area (Å²) in [5.41, 5.74) is 7.64. The van der Waals surface area contributed by atoms with Crippen LogP contribution in [-0.2, 0) is 9.59 Å². The predicted octanol–water partition coefficient (Wildman–Crippen LogP) is 0.418. The molecule has 0 spiro atoms. The smallest absolute Gasteiger partial charge is 0.243 e. The number of carbonyl (C=O) groups excluding carboxylic acids is 2. The lowest BCUT2D eigenvalue weighted by Crippen LogP contribution is -2.46. The standard InChI is InChI=1S/C13H18N6O2.ClH/c1-7(2)12(14)13(21)15-6-11(20)16-8-3-4-9-10(5-8)18-19-17-9;/h3-5,7,12H,6,14H2,1-2H3,(H,15,21)(H,16,20)(H,17,18,19);1H/t12-;/m0./s1. The van der Waals surface area contributed by atoms with Crippen LogP contribution in [-0.4, -0.2) is 39.8 Å². The molecule has 0 radical (unpaired) electrons. The zero-order valence-corrected chi connectivity index (χ0v) is 13.1. The molecule has 8 nitrogen and oxygen atoms in total. The summed E-state index contributed by atoms with van der Waals surface area (Å²) in [6.45, 7) is 3.56. The Labute approximate surface area is 133 Å². The van der Waals surface area contributed by atoms with Gasteiger partial charge in [-0.05, 0) is 24.1 Å². The third kappa shape index (κ3) is 4.40. The van der Waals surface area contributed by atoms with E-state index in [1.54, 1.807) is 18.2 Å². The number of hydrogen-bond donors (Lipinski definition) is 4. The van der Waals surface area contributed by atoms with E-state index in [1.165, 1.54) is 0 Å². The quantitative estimate of drug-likeness (QED) is 0.633. The maximum Gasteiger partial charge on any atom is 0.243 e. The van der Waals surface area contributed by atoms with E-state index >= 15 is 0 Å². The molecule has 2 aromatic rings. The fourth-order valence-corrected chi connectivity index (χ4v) is 1.71. The first-order valence-corrected chi connectivity index (χ1v) is 6.61. The van der Waals surface area contributed by atoms with Crippen LogP contribution >= 0.6 is 12.4 Å². The number of H-pyrrole nitrogens is 1. The summed E-state index contributed by atoms with van der Waals surface area (Å²) in [4.78, 5) is 23.4. The number of aromatic nitrogens is 3. The number of amides is 2. The lowest BCUT2D eigenvalue weighted by molar-refractivity contribution is -0.125. The van der Waals surface area contributed by atoms with Gasteiger partial charge < -0.3 is 16.4 Å². The highest BCUT2D eigenvalue weighted by Gasteiger charge is 2.17. The van der Waals surface area contributed by atoms with Gasteiger partial charge >= 0.3 is 0 Å². The summed E-state index contributed by atoms with van der Waals surface area (Å²) >= 11 is 0. The van der Waals surface area contributed by atoms with Crippen molar-refractivity contribution in [2.45, 2.75) is 19.9 Å². The minimum absolute atomic E-state index is 0. The molecule has 22 heavy (non-hydrogen) atoms. The van der Waals surface area contributed by atoms with Gasteiger partial charge in [-0.2, -0.15) is 15.4 Å². The number of benzene rings is 1. The van der Waals surface area contributed by atoms with Crippen molar-refractivity contribution >= 4 is 40.9 Å². The molecule has 0 saturated heterocycles. The molecule has 0 aliphatic carbocycles. The molecule has 1 heterocycles. The van der Waals surface area contributed by atoms with E-state index in [0.29, 0.717) is 16.7 Å².